The summed E-state index contributed by atoms with van der Waals surface area (Å²) < 4.78 is 0. The van der Waals surface area contributed by atoms with Crippen LogP contribution in [-0.2, 0) is 4.79 Å². The molecule has 0 spiro atoms. The maximum Gasteiger partial charge on any atom is 0.329 e. The Morgan fingerprint density at radius 2 is 1.64 bits per heavy atom. The summed E-state index contributed by atoms with van der Waals surface area (Å²) in [5.41, 5.74) is 3.25. The van der Waals surface area contributed by atoms with Gasteiger partial charge in [0.15, 0.2) is 5.54 Å². The molecule has 0 aromatic rings. The molecule has 5 N–H and O–H groups in total. The van der Waals surface area contributed by atoms with Crippen LogP contribution in [0.5, 0.6) is 0 Å². The topological polar surface area (TPSA) is 104 Å². The van der Waals surface area contributed by atoms with E-state index >= 15 is 0 Å². The molecule has 0 saturated heterocycles. The Bertz CT molecular complexity index is 147. The number of carboxylic acid groups (broad SMARTS) is 1. The maximum atomic E-state index is 10.5. The molecular weight excluding hydrogens is 150 g/mol. The average Bonchev–Trinajstić information content (AvgIpc) is 1.84. The van der Waals surface area contributed by atoms with Crippen molar-refractivity contribution in [2.75, 3.05) is 0 Å². The van der Waals surface area contributed by atoms with Gasteiger partial charge in [-0.05, 0) is 13.8 Å². The summed E-state index contributed by atoms with van der Waals surface area (Å²) >= 11 is 0. The van der Waals surface area contributed by atoms with E-state index in [-0.39, 0.29) is 0 Å². The van der Waals surface area contributed by atoms with E-state index in [1.54, 1.807) is 0 Å². The zero-order chi connectivity index (χ0) is 9.23. The van der Waals surface area contributed by atoms with E-state index in [2.05, 4.69) is 0 Å². The highest BCUT2D eigenvalue weighted by atomic mass is 16.4. The van der Waals surface area contributed by atoms with Gasteiger partial charge < -0.3 is 21.1 Å². The maximum absolute atomic E-state index is 10.5. The lowest BCUT2D eigenvalue weighted by Crippen LogP contribution is -2.63. The third-order valence-electron chi connectivity index (χ3n) is 1.75. The molecule has 0 bridgehead atoms. The van der Waals surface area contributed by atoms with Gasteiger partial charge in [0.2, 0.25) is 0 Å². The minimum absolute atomic E-state index is 1.22. The van der Waals surface area contributed by atoms with Crippen molar-refractivity contribution in [2.24, 2.45) is 5.73 Å². The summed E-state index contributed by atoms with van der Waals surface area (Å²) in [6.45, 7) is 2.45. The smallest absolute Gasteiger partial charge is 0.329 e. The number of hydrogen-bond donors (Lipinski definition) is 4. The van der Waals surface area contributed by atoms with Crippen molar-refractivity contribution < 1.29 is 20.1 Å². The fourth-order valence-electron chi connectivity index (χ4n) is 0.706. The Hall–Kier alpha value is -0.650. The van der Waals surface area contributed by atoms with Gasteiger partial charge in [-0.3, -0.25) is 4.79 Å². The number of carboxylic acids is 1. The van der Waals surface area contributed by atoms with E-state index in [0.29, 0.717) is 0 Å². The summed E-state index contributed by atoms with van der Waals surface area (Å²) in [5, 5.41) is 26.4. The van der Waals surface area contributed by atoms with E-state index in [4.69, 9.17) is 21.1 Å². The van der Waals surface area contributed by atoms with Crippen molar-refractivity contribution in [3.8, 4) is 0 Å². The molecule has 3 atom stereocenters. The first kappa shape index (κ1) is 10.3. The molecular formula is C6H13NO4. The van der Waals surface area contributed by atoms with Gasteiger partial charge in [-0.25, -0.2) is 0 Å². The summed E-state index contributed by atoms with van der Waals surface area (Å²) in [5.74, 6) is -1.41. The van der Waals surface area contributed by atoms with Crippen molar-refractivity contribution in [3.63, 3.8) is 0 Å². The number of aliphatic hydroxyl groups is 2. The lowest BCUT2D eigenvalue weighted by molar-refractivity contribution is -0.153. The number of hydrogen-bond acceptors (Lipinski definition) is 4. The fraction of sp³-hybridized carbons (Fsp3) is 0.833. The Kier molecular flexibility index (Phi) is 2.98. The highest BCUT2D eigenvalue weighted by Gasteiger charge is 2.43. The van der Waals surface area contributed by atoms with Crippen molar-refractivity contribution in [2.45, 2.75) is 31.6 Å². The zero-order valence-corrected chi connectivity index (χ0v) is 6.48. The SMILES string of the molecule is CC(O)C(N)(C(=O)O)[C@@H](C)O. The summed E-state index contributed by atoms with van der Waals surface area (Å²) in [6.07, 6.45) is -2.58. The molecule has 66 valence electrons. The molecule has 5 heteroatoms. The lowest BCUT2D eigenvalue weighted by atomic mass is 9.89. The summed E-state index contributed by atoms with van der Waals surface area (Å²) in [4.78, 5) is 10.5. The number of rotatable bonds is 3. The Labute approximate surface area is 64.4 Å². The Morgan fingerprint density at radius 1 is 1.36 bits per heavy atom. The quantitative estimate of drug-likeness (QED) is 0.406. The summed E-state index contributed by atoms with van der Waals surface area (Å²) in [6, 6.07) is 0. The Balaban J connectivity index is 4.67. The predicted octanol–water partition coefficient (Wildman–Crippen LogP) is -1.47. The van der Waals surface area contributed by atoms with E-state index < -0.39 is 23.7 Å². The van der Waals surface area contributed by atoms with Gasteiger partial charge in [-0.1, -0.05) is 0 Å². The highest BCUT2D eigenvalue weighted by molar-refractivity contribution is 5.80. The van der Waals surface area contributed by atoms with E-state index in [1.165, 1.54) is 13.8 Å². The second-order valence-electron chi connectivity index (χ2n) is 2.59. The van der Waals surface area contributed by atoms with E-state index in [1.807, 2.05) is 0 Å². The standard InChI is InChI=1S/C6H13NO4/c1-3(8)6(7,4(2)9)5(10)11/h3-4,8-9H,7H2,1-2H3,(H,10,11)/t3-,4?,6?/m1/s1. The minimum Gasteiger partial charge on any atom is -0.480 e. The van der Waals surface area contributed by atoms with Gasteiger partial charge in [0, 0.05) is 0 Å². The van der Waals surface area contributed by atoms with E-state index in [9.17, 15) is 4.79 Å². The van der Waals surface area contributed by atoms with Crippen molar-refractivity contribution in [1.82, 2.24) is 0 Å². The monoisotopic (exact) mass is 163 g/mol. The molecule has 0 aliphatic carbocycles. The third kappa shape index (κ3) is 1.68. The van der Waals surface area contributed by atoms with Crippen LogP contribution in [0.15, 0.2) is 0 Å². The molecule has 5 nitrogen and oxygen atoms in total. The van der Waals surface area contributed by atoms with Crippen LogP contribution >= 0.6 is 0 Å². The second kappa shape index (κ2) is 3.17. The minimum atomic E-state index is -1.97. The van der Waals surface area contributed by atoms with Crippen molar-refractivity contribution >= 4 is 5.97 Å². The average molecular weight is 163 g/mol. The van der Waals surface area contributed by atoms with Gasteiger partial charge in [0.1, 0.15) is 0 Å². The van der Waals surface area contributed by atoms with Gasteiger partial charge >= 0.3 is 5.97 Å². The first-order valence-corrected chi connectivity index (χ1v) is 3.21. The molecule has 0 radical (unpaired) electrons. The van der Waals surface area contributed by atoms with Crippen LogP contribution in [0.25, 0.3) is 0 Å². The first-order chi connectivity index (χ1) is 4.83. The van der Waals surface area contributed by atoms with Crippen LogP contribution < -0.4 is 5.73 Å². The van der Waals surface area contributed by atoms with Gasteiger partial charge in [0.05, 0.1) is 12.2 Å². The van der Waals surface area contributed by atoms with Crippen LogP contribution in [0.2, 0.25) is 0 Å². The van der Waals surface area contributed by atoms with Gasteiger partial charge in [0.25, 0.3) is 0 Å². The lowest BCUT2D eigenvalue weighted by Gasteiger charge is -2.30. The number of aliphatic carboxylic acids is 1. The molecule has 0 aliphatic rings. The molecule has 0 aliphatic heterocycles. The van der Waals surface area contributed by atoms with E-state index in [0.717, 1.165) is 0 Å². The summed E-state index contributed by atoms with van der Waals surface area (Å²) in [7, 11) is 0. The molecule has 0 aromatic carbocycles. The predicted molar refractivity (Wildman–Crippen MR) is 37.9 cm³/mol. The van der Waals surface area contributed by atoms with Crippen LogP contribution in [0.3, 0.4) is 0 Å². The van der Waals surface area contributed by atoms with Crippen molar-refractivity contribution in [1.29, 1.82) is 0 Å². The van der Waals surface area contributed by atoms with Gasteiger partial charge in [-0.2, -0.15) is 0 Å². The van der Waals surface area contributed by atoms with Crippen LogP contribution in [0.4, 0.5) is 0 Å². The third-order valence-corrected chi connectivity index (χ3v) is 1.75. The zero-order valence-electron chi connectivity index (χ0n) is 6.48. The molecule has 0 amide bonds. The normalized spacial score (nSPS) is 21.9. The highest BCUT2D eigenvalue weighted by Crippen LogP contribution is 2.12. The molecule has 0 rings (SSSR count). The molecule has 11 heavy (non-hydrogen) atoms. The number of aliphatic hydroxyl groups excluding tert-OH is 2. The number of carbonyl (C=O) groups is 1. The van der Waals surface area contributed by atoms with Crippen LogP contribution in [0, 0.1) is 0 Å². The molecule has 0 aromatic heterocycles. The molecule has 2 unspecified atom stereocenters. The molecule has 0 heterocycles. The fourth-order valence-corrected chi connectivity index (χ4v) is 0.706. The first-order valence-electron chi connectivity index (χ1n) is 3.21. The van der Waals surface area contributed by atoms with Gasteiger partial charge in [-0.15, -0.1) is 0 Å². The number of nitrogens with two attached hydrogens (primary N) is 1. The van der Waals surface area contributed by atoms with Crippen LogP contribution in [-0.4, -0.2) is 39.0 Å². The second-order valence-corrected chi connectivity index (χ2v) is 2.59. The molecule has 0 fully saturated rings. The van der Waals surface area contributed by atoms with Crippen LogP contribution in [0.1, 0.15) is 13.8 Å². The van der Waals surface area contributed by atoms with Crippen molar-refractivity contribution in [3.05, 3.63) is 0 Å². The largest absolute Gasteiger partial charge is 0.480 e. The molecule has 0 saturated carbocycles. The Morgan fingerprint density at radius 3 is 1.64 bits per heavy atom.